The lowest BCUT2D eigenvalue weighted by Gasteiger charge is -2.23. The fourth-order valence-corrected chi connectivity index (χ4v) is 3.18. The Balaban J connectivity index is 1.98. The molecule has 3 rings (SSSR count). The van der Waals surface area contributed by atoms with Crippen molar-refractivity contribution in [2.45, 2.75) is 26.0 Å². The molecule has 2 aromatic heterocycles. The summed E-state index contributed by atoms with van der Waals surface area (Å²) in [6, 6.07) is 0. The molecule has 2 N–H and O–H groups in total. The lowest BCUT2D eigenvalue weighted by molar-refractivity contribution is 0.0820. The zero-order chi connectivity index (χ0) is 12.5. The first-order valence-corrected chi connectivity index (χ1v) is 7.18. The van der Waals surface area contributed by atoms with Gasteiger partial charge in [-0.05, 0) is 13.3 Å². The summed E-state index contributed by atoms with van der Waals surface area (Å²) in [6.07, 6.45) is 3.33. The fraction of sp³-hybridized carbons (Fsp3) is 0.583. The molecule has 98 valence electrons. The SMILES string of the molecule is CC1CN(c2nc3sccn3c2CN)CCCO1. The minimum atomic E-state index is 0.248. The largest absolute Gasteiger partial charge is 0.377 e. The van der Waals surface area contributed by atoms with Crippen molar-refractivity contribution in [1.29, 1.82) is 0 Å². The molecule has 1 atom stereocenters. The maximum absolute atomic E-state index is 5.89. The Labute approximate surface area is 110 Å². The van der Waals surface area contributed by atoms with E-state index in [0.29, 0.717) is 6.54 Å². The number of hydrogen-bond acceptors (Lipinski definition) is 5. The quantitative estimate of drug-likeness (QED) is 0.894. The van der Waals surface area contributed by atoms with Gasteiger partial charge in [-0.3, -0.25) is 4.40 Å². The van der Waals surface area contributed by atoms with Crippen LogP contribution in [0.3, 0.4) is 0 Å². The normalized spacial score (nSPS) is 21.4. The van der Waals surface area contributed by atoms with Gasteiger partial charge in [-0.15, -0.1) is 11.3 Å². The summed E-state index contributed by atoms with van der Waals surface area (Å²) in [6.45, 7) is 5.33. The molecule has 1 unspecified atom stereocenters. The van der Waals surface area contributed by atoms with E-state index in [1.807, 2.05) is 11.6 Å². The van der Waals surface area contributed by atoms with Crippen LogP contribution in [0.4, 0.5) is 5.82 Å². The number of hydrogen-bond donors (Lipinski definition) is 1. The summed E-state index contributed by atoms with van der Waals surface area (Å²) >= 11 is 1.65. The molecule has 5 nitrogen and oxygen atoms in total. The van der Waals surface area contributed by atoms with E-state index in [-0.39, 0.29) is 6.10 Å². The fourth-order valence-electron chi connectivity index (χ4n) is 2.45. The predicted octanol–water partition coefficient (Wildman–Crippen LogP) is 1.47. The van der Waals surface area contributed by atoms with Crippen molar-refractivity contribution in [2.24, 2.45) is 5.73 Å². The van der Waals surface area contributed by atoms with Crippen molar-refractivity contribution in [1.82, 2.24) is 9.38 Å². The first-order chi connectivity index (χ1) is 8.79. The van der Waals surface area contributed by atoms with E-state index in [9.17, 15) is 0 Å². The smallest absolute Gasteiger partial charge is 0.195 e. The molecule has 3 heterocycles. The number of ether oxygens (including phenoxy) is 1. The molecule has 2 aromatic rings. The number of thiazole rings is 1. The van der Waals surface area contributed by atoms with Crippen LogP contribution in [0.5, 0.6) is 0 Å². The predicted molar refractivity (Wildman–Crippen MR) is 73.2 cm³/mol. The Bertz CT molecular complexity index is 535. The second-order valence-corrected chi connectivity index (χ2v) is 5.50. The van der Waals surface area contributed by atoms with Crippen LogP contribution in [-0.2, 0) is 11.3 Å². The zero-order valence-electron chi connectivity index (χ0n) is 10.5. The minimum Gasteiger partial charge on any atom is -0.377 e. The maximum atomic E-state index is 5.89. The topological polar surface area (TPSA) is 55.8 Å². The highest BCUT2D eigenvalue weighted by molar-refractivity contribution is 7.15. The number of imidazole rings is 1. The van der Waals surface area contributed by atoms with E-state index in [1.165, 1.54) is 0 Å². The summed E-state index contributed by atoms with van der Waals surface area (Å²) < 4.78 is 7.77. The highest BCUT2D eigenvalue weighted by atomic mass is 32.1. The van der Waals surface area contributed by atoms with Crippen molar-refractivity contribution in [3.63, 3.8) is 0 Å². The van der Waals surface area contributed by atoms with Crippen LogP contribution in [0.1, 0.15) is 19.0 Å². The number of nitrogens with zero attached hydrogens (tertiary/aromatic N) is 3. The lowest BCUT2D eigenvalue weighted by atomic mass is 10.3. The summed E-state index contributed by atoms with van der Waals surface area (Å²) in [5.74, 6) is 1.03. The van der Waals surface area contributed by atoms with Crippen LogP contribution >= 0.6 is 11.3 Å². The molecule has 0 aliphatic carbocycles. The molecule has 1 aliphatic heterocycles. The van der Waals surface area contributed by atoms with E-state index in [0.717, 1.165) is 42.6 Å². The van der Waals surface area contributed by atoms with Gasteiger partial charge in [-0.25, -0.2) is 4.98 Å². The number of aromatic nitrogens is 2. The summed E-state index contributed by atoms with van der Waals surface area (Å²) in [5.41, 5.74) is 6.98. The molecule has 1 saturated heterocycles. The summed E-state index contributed by atoms with van der Waals surface area (Å²) in [5, 5.41) is 2.04. The van der Waals surface area contributed by atoms with Gasteiger partial charge < -0.3 is 15.4 Å². The van der Waals surface area contributed by atoms with Gasteiger partial charge in [0.15, 0.2) is 10.8 Å². The molecule has 1 aliphatic rings. The van der Waals surface area contributed by atoms with Crippen LogP contribution in [0.25, 0.3) is 4.96 Å². The third-order valence-corrected chi connectivity index (χ3v) is 4.04. The third-order valence-electron chi connectivity index (χ3n) is 3.29. The highest BCUT2D eigenvalue weighted by Crippen LogP contribution is 2.25. The molecule has 0 amide bonds. The van der Waals surface area contributed by atoms with Gasteiger partial charge >= 0.3 is 0 Å². The van der Waals surface area contributed by atoms with Crippen LogP contribution in [0, 0.1) is 0 Å². The Morgan fingerprint density at radius 1 is 1.61 bits per heavy atom. The summed E-state index contributed by atoms with van der Waals surface area (Å²) in [7, 11) is 0. The Kier molecular flexibility index (Phi) is 3.23. The Morgan fingerprint density at radius 3 is 3.33 bits per heavy atom. The Hall–Kier alpha value is -1.11. The first kappa shape index (κ1) is 12.0. The number of nitrogens with two attached hydrogens (primary N) is 1. The van der Waals surface area contributed by atoms with Gasteiger partial charge in [0.25, 0.3) is 0 Å². The summed E-state index contributed by atoms with van der Waals surface area (Å²) in [4.78, 5) is 8.04. The number of anilines is 1. The van der Waals surface area contributed by atoms with E-state index in [1.54, 1.807) is 11.3 Å². The van der Waals surface area contributed by atoms with Crippen molar-refractivity contribution in [2.75, 3.05) is 24.6 Å². The van der Waals surface area contributed by atoms with Crippen molar-refractivity contribution < 1.29 is 4.74 Å². The molecule has 1 fully saturated rings. The molecule has 0 spiro atoms. The number of fused-ring (bicyclic) bond motifs is 1. The van der Waals surface area contributed by atoms with Gasteiger partial charge in [0.05, 0.1) is 11.8 Å². The van der Waals surface area contributed by atoms with E-state index in [4.69, 9.17) is 15.5 Å². The van der Waals surface area contributed by atoms with Crippen LogP contribution in [0.15, 0.2) is 11.6 Å². The van der Waals surface area contributed by atoms with E-state index in [2.05, 4.69) is 16.2 Å². The van der Waals surface area contributed by atoms with E-state index >= 15 is 0 Å². The van der Waals surface area contributed by atoms with Crippen molar-refractivity contribution in [3.05, 3.63) is 17.3 Å². The molecule has 6 heteroatoms. The minimum absolute atomic E-state index is 0.248. The Morgan fingerprint density at radius 2 is 2.50 bits per heavy atom. The van der Waals surface area contributed by atoms with Crippen LogP contribution < -0.4 is 10.6 Å². The van der Waals surface area contributed by atoms with Gasteiger partial charge in [0.1, 0.15) is 0 Å². The molecule has 0 bridgehead atoms. The lowest BCUT2D eigenvalue weighted by Crippen LogP contribution is -2.31. The van der Waals surface area contributed by atoms with Crippen molar-refractivity contribution >= 4 is 22.1 Å². The molecular formula is C12H18N4OS. The average molecular weight is 266 g/mol. The van der Waals surface area contributed by atoms with Crippen molar-refractivity contribution in [3.8, 4) is 0 Å². The monoisotopic (exact) mass is 266 g/mol. The maximum Gasteiger partial charge on any atom is 0.195 e. The second kappa shape index (κ2) is 4.87. The molecule has 0 radical (unpaired) electrons. The van der Waals surface area contributed by atoms with Gasteiger partial charge in [0.2, 0.25) is 0 Å². The van der Waals surface area contributed by atoms with Crippen LogP contribution in [-0.4, -0.2) is 35.2 Å². The van der Waals surface area contributed by atoms with Crippen LogP contribution in [0.2, 0.25) is 0 Å². The first-order valence-electron chi connectivity index (χ1n) is 6.30. The average Bonchev–Trinajstić information content (AvgIpc) is 2.86. The van der Waals surface area contributed by atoms with E-state index < -0.39 is 0 Å². The van der Waals surface area contributed by atoms with Gasteiger partial charge in [0, 0.05) is 37.8 Å². The standard InChI is InChI=1S/C12H18N4OS/c1-9-8-15(3-2-5-17-9)11-10(7-13)16-4-6-18-12(16)14-11/h4,6,9H,2-3,5,7-8,13H2,1H3. The number of rotatable bonds is 2. The second-order valence-electron chi connectivity index (χ2n) is 4.62. The third kappa shape index (κ3) is 2.00. The molecule has 0 saturated carbocycles. The zero-order valence-corrected chi connectivity index (χ0v) is 11.3. The van der Waals surface area contributed by atoms with Gasteiger partial charge in [-0.1, -0.05) is 0 Å². The molecular weight excluding hydrogens is 248 g/mol. The molecule has 18 heavy (non-hydrogen) atoms. The van der Waals surface area contributed by atoms with Gasteiger partial charge in [-0.2, -0.15) is 0 Å². The molecule has 0 aromatic carbocycles. The highest BCUT2D eigenvalue weighted by Gasteiger charge is 2.21.